The molecule has 230 valence electrons. The topological polar surface area (TPSA) is 86.8 Å². The van der Waals surface area contributed by atoms with E-state index in [1.165, 1.54) is 23.1 Å². The molecule has 1 unspecified atom stereocenters. The van der Waals surface area contributed by atoms with E-state index in [0.29, 0.717) is 24.2 Å². The maximum absolute atomic E-state index is 15.0. The highest BCUT2D eigenvalue weighted by atomic mass is 32.2. The van der Waals surface area contributed by atoms with Gasteiger partial charge in [-0.1, -0.05) is 85.8 Å². The molecule has 1 atom stereocenters. The van der Waals surface area contributed by atoms with Crippen LogP contribution in [-0.2, 0) is 32.6 Å². The average Bonchev–Trinajstić information content (AvgIpc) is 3.03. The third-order valence-electron chi connectivity index (χ3n) is 7.36. The number of carbonyl (C=O) groups excluding carboxylic acids is 2. The van der Waals surface area contributed by atoms with Gasteiger partial charge in [0.2, 0.25) is 11.8 Å². The van der Waals surface area contributed by atoms with Gasteiger partial charge in [-0.25, -0.2) is 12.8 Å². The first kappa shape index (κ1) is 32.4. The fraction of sp³-hybridized carbons (Fsp3) is 0.257. The number of carbonyl (C=O) groups is 2. The van der Waals surface area contributed by atoms with Crippen LogP contribution in [0.1, 0.15) is 35.6 Å². The summed E-state index contributed by atoms with van der Waals surface area (Å²) < 4.78 is 44.3. The molecule has 0 aromatic heterocycles. The molecule has 0 bridgehead atoms. The van der Waals surface area contributed by atoms with Gasteiger partial charge in [-0.3, -0.25) is 13.9 Å². The molecule has 2 amide bonds. The molecular formula is C35H38FN3O4S. The van der Waals surface area contributed by atoms with Gasteiger partial charge in [0.15, 0.2) is 0 Å². The number of rotatable bonds is 13. The molecule has 4 aromatic rings. The van der Waals surface area contributed by atoms with E-state index < -0.39 is 40.2 Å². The van der Waals surface area contributed by atoms with E-state index in [9.17, 15) is 22.4 Å². The number of hydrogen-bond donors (Lipinski definition) is 1. The number of amides is 2. The van der Waals surface area contributed by atoms with Gasteiger partial charge in [-0.2, -0.15) is 0 Å². The molecule has 44 heavy (non-hydrogen) atoms. The van der Waals surface area contributed by atoms with E-state index in [1.54, 1.807) is 55.5 Å². The molecule has 4 rings (SSSR count). The fourth-order valence-electron chi connectivity index (χ4n) is 4.95. The number of nitrogens with zero attached hydrogens (tertiary/aromatic N) is 2. The molecule has 0 spiro atoms. The Kier molecular flexibility index (Phi) is 10.9. The number of nitrogens with one attached hydrogen (secondary N) is 1. The Balaban J connectivity index is 1.83. The Morgan fingerprint density at radius 1 is 0.864 bits per heavy atom. The minimum Gasteiger partial charge on any atom is -0.354 e. The van der Waals surface area contributed by atoms with Crippen molar-refractivity contribution in [2.24, 2.45) is 0 Å². The summed E-state index contributed by atoms with van der Waals surface area (Å²) in [5.41, 5.74) is 2.84. The van der Waals surface area contributed by atoms with Gasteiger partial charge in [0, 0.05) is 25.1 Å². The lowest BCUT2D eigenvalue weighted by Gasteiger charge is -2.34. The maximum atomic E-state index is 15.0. The summed E-state index contributed by atoms with van der Waals surface area (Å²) in [6, 6.07) is 27.6. The second kappa shape index (κ2) is 14.8. The van der Waals surface area contributed by atoms with Gasteiger partial charge >= 0.3 is 0 Å². The SMILES string of the molecule is CCCNC(=O)C(Cc1ccccc1)N(Cc1ccccc1F)C(=O)CN(c1cc(C)ccc1C)S(=O)(=O)c1ccccc1. The van der Waals surface area contributed by atoms with Gasteiger partial charge in [0.25, 0.3) is 10.0 Å². The maximum Gasteiger partial charge on any atom is 0.264 e. The highest BCUT2D eigenvalue weighted by Crippen LogP contribution is 2.29. The van der Waals surface area contributed by atoms with Gasteiger partial charge in [0.1, 0.15) is 18.4 Å². The molecule has 1 N–H and O–H groups in total. The number of halogens is 1. The molecule has 0 radical (unpaired) electrons. The Bertz CT molecular complexity index is 1680. The van der Waals surface area contributed by atoms with Crippen LogP contribution in [0, 0.1) is 19.7 Å². The largest absolute Gasteiger partial charge is 0.354 e. The van der Waals surface area contributed by atoms with Crippen molar-refractivity contribution >= 4 is 27.5 Å². The monoisotopic (exact) mass is 615 g/mol. The van der Waals surface area contributed by atoms with Crippen LogP contribution in [-0.4, -0.2) is 44.3 Å². The van der Waals surface area contributed by atoms with Gasteiger partial charge in [-0.05, 0) is 61.2 Å². The summed E-state index contributed by atoms with van der Waals surface area (Å²) in [6.07, 6.45) is 0.840. The quantitative estimate of drug-likeness (QED) is 0.206. The van der Waals surface area contributed by atoms with Crippen molar-refractivity contribution < 1.29 is 22.4 Å². The fourth-order valence-corrected chi connectivity index (χ4v) is 6.44. The molecular weight excluding hydrogens is 577 g/mol. The number of hydrogen-bond acceptors (Lipinski definition) is 4. The summed E-state index contributed by atoms with van der Waals surface area (Å²) in [7, 11) is -4.21. The van der Waals surface area contributed by atoms with Crippen LogP contribution in [0.4, 0.5) is 10.1 Å². The van der Waals surface area contributed by atoms with E-state index in [-0.39, 0.29) is 23.4 Å². The number of benzene rings is 4. The van der Waals surface area contributed by atoms with Crippen LogP contribution in [0.3, 0.4) is 0 Å². The number of anilines is 1. The number of aryl methyl sites for hydroxylation is 2. The Labute approximate surface area is 259 Å². The first-order valence-electron chi connectivity index (χ1n) is 14.6. The highest BCUT2D eigenvalue weighted by molar-refractivity contribution is 7.92. The van der Waals surface area contributed by atoms with Crippen molar-refractivity contribution in [2.75, 3.05) is 17.4 Å². The minimum atomic E-state index is -4.21. The molecule has 0 saturated heterocycles. The van der Waals surface area contributed by atoms with Crippen molar-refractivity contribution in [1.29, 1.82) is 0 Å². The van der Waals surface area contributed by atoms with E-state index >= 15 is 0 Å². The lowest BCUT2D eigenvalue weighted by Crippen LogP contribution is -2.53. The van der Waals surface area contributed by atoms with Crippen LogP contribution in [0.25, 0.3) is 0 Å². The van der Waals surface area contributed by atoms with Gasteiger partial charge < -0.3 is 10.2 Å². The lowest BCUT2D eigenvalue weighted by atomic mass is 10.0. The lowest BCUT2D eigenvalue weighted by molar-refractivity contribution is -0.140. The second-order valence-electron chi connectivity index (χ2n) is 10.7. The van der Waals surface area contributed by atoms with E-state index in [0.717, 1.165) is 15.4 Å². The molecule has 4 aromatic carbocycles. The molecule has 0 heterocycles. The molecule has 0 aliphatic carbocycles. The number of sulfonamides is 1. The van der Waals surface area contributed by atoms with Crippen LogP contribution in [0.2, 0.25) is 0 Å². The zero-order valence-electron chi connectivity index (χ0n) is 25.2. The molecule has 0 aliphatic rings. The molecule has 7 nitrogen and oxygen atoms in total. The minimum absolute atomic E-state index is 0.0240. The molecule has 0 aliphatic heterocycles. The van der Waals surface area contributed by atoms with Gasteiger partial charge in [0.05, 0.1) is 10.6 Å². The van der Waals surface area contributed by atoms with Gasteiger partial charge in [-0.15, -0.1) is 0 Å². The van der Waals surface area contributed by atoms with Crippen LogP contribution >= 0.6 is 0 Å². The molecule has 0 fully saturated rings. The van der Waals surface area contributed by atoms with Crippen molar-refractivity contribution in [3.63, 3.8) is 0 Å². The normalized spacial score (nSPS) is 11.9. The van der Waals surface area contributed by atoms with Crippen LogP contribution in [0.5, 0.6) is 0 Å². The van der Waals surface area contributed by atoms with Crippen LogP contribution < -0.4 is 9.62 Å². The first-order valence-corrected chi connectivity index (χ1v) is 16.1. The van der Waals surface area contributed by atoms with E-state index in [2.05, 4.69) is 5.32 Å². The Morgan fingerprint density at radius 3 is 2.16 bits per heavy atom. The second-order valence-corrected chi connectivity index (χ2v) is 12.6. The molecule has 0 saturated carbocycles. The smallest absolute Gasteiger partial charge is 0.264 e. The van der Waals surface area contributed by atoms with E-state index in [1.807, 2.05) is 50.2 Å². The Morgan fingerprint density at radius 2 is 1.50 bits per heavy atom. The predicted molar refractivity (Wildman–Crippen MR) is 171 cm³/mol. The summed E-state index contributed by atoms with van der Waals surface area (Å²) in [4.78, 5) is 29.4. The first-order chi connectivity index (χ1) is 21.1. The third kappa shape index (κ3) is 7.90. The van der Waals surface area contributed by atoms with E-state index in [4.69, 9.17) is 0 Å². The van der Waals surface area contributed by atoms with Crippen molar-refractivity contribution in [2.45, 2.75) is 51.1 Å². The Hall–Kier alpha value is -4.50. The summed E-state index contributed by atoms with van der Waals surface area (Å²) in [5.74, 6) is -1.56. The molecule has 9 heteroatoms. The zero-order chi connectivity index (χ0) is 31.7. The average molecular weight is 616 g/mol. The van der Waals surface area contributed by atoms with Crippen molar-refractivity contribution in [3.8, 4) is 0 Å². The van der Waals surface area contributed by atoms with Crippen molar-refractivity contribution in [3.05, 3.63) is 131 Å². The summed E-state index contributed by atoms with van der Waals surface area (Å²) in [6.45, 7) is 5.11. The zero-order valence-corrected chi connectivity index (χ0v) is 26.1. The highest BCUT2D eigenvalue weighted by Gasteiger charge is 2.35. The standard InChI is InChI=1S/C35H38FN3O4S/c1-4-21-37-35(41)33(23-28-13-7-5-8-14-28)38(24-29-15-11-12-18-31(29)36)34(40)25-39(32-22-26(2)19-20-27(32)3)44(42,43)30-16-9-6-10-17-30/h5-20,22,33H,4,21,23-25H2,1-3H3,(H,37,41). The van der Waals surface area contributed by atoms with Crippen molar-refractivity contribution in [1.82, 2.24) is 10.2 Å². The predicted octanol–water partition coefficient (Wildman–Crippen LogP) is 5.80. The summed E-state index contributed by atoms with van der Waals surface area (Å²) in [5, 5.41) is 2.89. The van der Waals surface area contributed by atoms with Crippen LogP contribution in [0.15, 0.2) is 108 Å². The summed E-state index contributed by atoms with van der Waals surface area (Å²) >= 11 is 0. The third-order valence-corrected chi connectivity index (χ3v) is 9.14.